The third-order valence-corrected chi connectivity index (χ3v) is 4.33. The number of aromatic nitrogens is 2. The first kappa shape index (κ1) is 14.6. The number of hydrogen-bond donors (Lipinski definition) is 2. The molecule has 1 aromatic carbocycles. The van der Waals surface area contributed by atoms with Crippen molar-refractivity contribution >= 4 is 33.2 Å². The number of anilines is 2. The third kappa shape index (κ3) is 2.70. The van der Waals surface area contributed by atoms with Gasteiger partial charge in [0.05, 0.1) is 11.9 Å². The Labute approximate surface area is 126 Å². The average Bonchev–Trinajstić information content (AvgIpc) is 2.77. The van der Waals surface area contributed by atoms with Gasteiger partial charge in [0.2, 0.25) is 0 Å². The molecule has 0 saturated carbocycles. The number of amides is 1. The minimum Gasteiger partial charge on any atom is -0.396 e. The van der Waals surface area contributed by atoms with E-state index in [1.807, 2.05) is 32.9 Å². The average molecular weight is 337 g/mol. The second kappa shape index (κ2) is 5.66. The van der Waals surface area contributed by atoms with Gasteiger partial charge in [-0.05, 0) is 44.0 Å². The monoisotopic (exact) mass is 336 g/mol. The highest BCUT2D eigenvalue weighted by atomic mass is 79.9. The molecule has 2 rings (SSSR count). The lowest BCUT2D eigenvalue weighted by atomic mass is 10.1. The standard InChI is InChI=1S/C14H17BrN4O/c1-4-19-13(11(16)7-17-19)14(20)18-10-5-8(2)12(15)9(3)6-10/h5-7H,4,16H2,1-3H3,(H,18,20). The van der Waals surface area contributed by atoms with E-state index in [0.29, 0.717) is 17.9 Å². The van der Waals surface area contributed by atoms with Crippen LogP contribution in [-0.2, 0) is 6.54 Å². The summed E-state index contributed by atoms with van der Waals surface area (Å²) in [5, 5.41) is 6.94. The summed E-state index contributed by atoms with van der Waals surface area (Å²) in [6.07, 6.45) is 1.50. The van der Waals surface area contributed by atoms with Crippen molar-refractivity contribution in [3.05, 3.63) is 39.6 Å². The van der Waals surface area contributed by atoms with Crippen molar-refractivity contribution in [2.24, 2.45) is 0 Å². The van der Waals surface area contributed by atoms with Crippen molar-refractivity contribution in [3.63, 3.8) is 0 Å². The van der Waals surface area contributed by atoms with Crippen molar-refractivity contribution in [3.8, 4) is 0 Å². The fourth-order valence-corrected chi connectivity index (χ4v) is 2.33. The first-order valence-corrected chi connectivity index (χ1v) is 7.12. The van der Waals surface area contributed by atoms with Crippen molar-refractivity contribution in [2.75, 3.05) is 11.1 Å². The van der Waals surface area contributed by atoms with Crippen molar-refractivity contribution in [1.82, 2.24) is 9.78 Å². The topological polar surface area (TPSA) is 72.9 Å². The molecule has 0 spiro atoms. The minimum absolute atomic E-state index is 0.247. The van der Waals surface area contributed by atoms with Crippen LogP contribution in [0, 0.1) is 13.8 Å². The van der Waals surface area contributed by atoms with Gasteiger partial charge in [0, 0.05) is 16.7 Å². The molecule has 6 heteroatoms. The number of halogens is 1. The van der Waals surface area contributed by atoms with E-state index >= 15 is 0 Å². The predicted molar refractivity (Wildman–Crippen MR) is 83.9 cm³/mol. The zero-order chi connectivity index (χ0) is 14.9. The lowest BCUT2D eigenvalue weighted by Gasteiger charge is -2.11. The Morgan fingerprint density at radius 2 is 2.00 bits per heavy atom. The number of nitrogens with zero attached hydrogens (tertiary/aromatic N) is 2. The minimum atomic E-state index is -0.247. The molecule has 1 aromatic heterocycles. The molecule has 0 bridgehead atoms. The number of nitrogens with two attached hydrogens (primary N) is 1. The highest BCUT2D eigenvalue weighted by Crippen LogP contribution is 2.25. The second-order valence-electron chi connectivity index (χ2n) is 4.64. The Morgan fingerprint density at radius 1 is 1.40 bits per heavy atom. The van der Waals surface area contributed by atoms with Crippen LogP contribution < -0.4 is 11.1 Å². The summed E-state index contributed by atoms with van der Waals surface area (Å²) in [4.78, 5) is 12.3. The van der Waals surface area contributed by atoms with Crippen LogP contribution in [0.4, 0.5) is 11.4 Å². The van der Waals surface area contributed by atoms with Gasteiger partial charge < -0.3 is 11.1 Å². The van der Waals surface area contributed by atoms with Gasteiger partial charge in [-0.3, -0.25) is 9.48 Å². The van der Waals surface area contributed by atoms with E-state index in [4.69, 9.17) is 5.73 Å². The van der Waals surface area contributed by atoms with Crippen molar-refractivity contribution in [1.29, 1.82) is 0 Å². The molecule has 2 aromatic rings. The van der Waals surface area contributed by atoms with Crippen molar-refractivity contribution < 1.29 is 4.79 Å². The number of carbonyl (C=O) groups is 1. The van der Waals surface area contributed by atoms with E-state index in [1.165, 1.54) is 6.20 Å². The maximum Gasteiger partial charge on any atom is 0.276 e. The molecular formula is C14H17BrN4O. The zero-order valence-corrected chi connectivity index (χ0v) is 13.3. The van der Waals surface area contributed by atoms with Gasteiger partial charge >= 0.3 is 0 Å². The Hall–Kier alpha value is -1.82. The number of rotatable bonds is 3. The molecule has 5 nitrogen and oxygen atoms in total. The largest absolute Gasteiger partial charge is 0.396 e. The normalized spacial score (nSPS) is 10.6. The fourth-order valence-electron chi connectivity index (χ4n) is 2.10. The van der Waals surface area contributed by atoms with Crippen LogP contribution in [0.5, 0.6) is 0 Å². The Morgan fingerprint density at radius 3 is 2.55 bits per heavy atom. The van der Waals surface area contributed by atoms with E-state index in [1.54, 1.807) is 4.68 Å². The molecule has 0 atom stereocenters. The lowest BCUT2D eigenvalue weighted by Crippen LogP contribution is -2.19. The van der Waals surface area contributed by atoms with Crippen LogP contribution in [0.25, 0.3) is 0 Å². The zero-order valence-electron chi connectivity index (χ0n) is 11.7. The number of benzene rings is 1. The third-order valence-electron chi connectivity index (χ3n) is 3.08. The molecule has 0 aliphatic carbocycles. The smallest absolute Gasteiger partial charge is 0.276 e. The summed E-state index contributed by atoms with van der Waals surface area (Å²) >= 11 is 3.51. The van der Waals surface area contributed by atoms with E-state index in [2.05, 4.69) is 26.3 Å². The molecule has 1 amide bonds. The summed E-state index contributed by atoms with van der Waals surface area (Å²) in [6.45, 7) is 6.48. The van der Waals surface area contributed by atoms with Gasteiger partial charge in [0.1, 0.15) is 5.69 Å². The van der Waals surface area contributed by atoms with Crippen LogP contribution in [0.1, 0.15) is 28.5 Å². The van der Waals surface area contributed by atoms with Crippen LogP contribution in [0.3, 0.4) is 0 Å². The molecule has 1 heterocycles. The van der Waals surface area contributed by atoms with E-state index in [9.17, 15) is 4.79 Å². The van der Waals surface area contributed by atoms with Gasteiger partial charge in [-0.1, -0.05) is 15.9 Å². The number of hydrogen-bond acceptors (Lipinski definition) is 3. The molecule has 20 heavy (non-hydrogen) atoms. The number of aryl methyl sites for hydroxylation is 3. The molecule has 0 aliphatic rings. The van der Waals surface area contributed by atoms with Crippen LogP contribution >= 0.6 is 15.9 Å². The van der Waals surface area contributed by atoms with Gasteiger partial charge in [-0.15, -0.1) is 0 Å². The Kier molecular flexibility index (Phi) is 4.13. The molecular weight excluding hydrogens is 320 g/mol. The molecule has 0 saturated heterocycles. The molecule has 0 aliphatic heterocycles. The lowest BCUT2D eigenvalue weighted by molar-refractivity contribution is 0.101. The Bertz CT molecular complexity index is 640. The highest BCUT2D eigenvalue weighted by Gasteiger charge is 2.16. The van der Waals surface area contributed by atoms with Gasteiger partial charge in [0.25, 0.3) is 5.91 Å². The second-order valence-corrected chi connectivity index (χ2v) is 5.44. The fraction of sp³-hybridized carbons (Fsp3) is 0.286. The Balaban J connectivity index is 2.30. The maximum absolute atomic E-state index is 12.3. The highest BCUT2D eigenvalue weighted by molar-refractivity contribution is 9.10. The van der Waals surface area contributed by atoms with Gasteiger partial charge in [0.15, 0.2) is 0 Å². The van der Waals surface area contributed by atoms with E-state index in [-0.39, 0.29) is 5.91 Å². The summed E-state index contributed by atoms with van der Waals surface area (Å²) in [6, 6.07) is 3.83. The molecule has 0 unspecified atom stereocenters. The summed E-state index contributed by atoms with van der Waals surface area (Å²) < 4.78 is 2.64. The molecule has 3 N–H and O–H groups in total. The van der Waals surface area contributed by atoms with E-state index in [0.717, 1.165) is 21.3 Å². The summed E-state index contributed by atoms with van der Waals surface area (Å²) in [7, 11) is 0. The van der Waals surface area contributed by atoms with Gasteiger partial charge in [-0.2, -0.15) is 5.10 Å². The SMILES string of the molecule is CCn1ncc(N)c1C(=O)Nc1cc(C)c(Br)c(C)c1. The molecule has 106 valence electrons. The van der Waals surface area contributed by atoms with Gasteiger partial charge in [-0.25, -0.2) is 0 Å². The first-order valence-electron chi connectivity index (χ1n) is 6.33. The maximum atomic E-state index is 12.3. The molecule has 0 fully saturated rings. The van der Waals surface area contributed by atoms with Crippen LogP contribution in [-0.4, -0.2) is 15.7 Å². The number of nitrogen functional groups attached to an aromatic ring is 1. The summed E-state index contributed by atoms with van der Waals surface area (Å²) in [5.74, 6) is -0.247. The van der Waals surface area contributed by atoms with Crippen molar-refractivity contribution in [2.45, 2.75) is 27.3 Å². The predicted octanol–water partition coefficient (Wildman–Crippen LogP) is 3.12. The van der Waals surface area contributed by atoms with Crippen LogP contribution in [0.15, 0.2) is 22.8 Å². The molecule has 0 radical (unpaired) electrons. The number of carbonyl (C=O) groups excluding carboxylic acids is 1. The number of nitrogens with one attached hydrogen (secondary N) is 1. The quantitative estimate of drug-likeness (QED) is 0.904. The van der Waals surface area contributed by atoms with Crippen LogP contribution in [0.2, 0.25) is 0 Å². The first-order chi connectivity index (χ1) is 9.43. The summed E-state index contributed by atoms with van der Waals surface area (Å²) in [5.41, 5.74) is 9.46. The van der Waals surface area contributed by atoms with E-state index < -0.39 is 0 Å².